The molecule has 2 amide bonds. The van der Waals surface area contributed by atoms with Crippen molar-refractivity contribution in [3.63, 3.8) is 0 Å². The van der Waals surface area contributed by atoms with E-state index in [0.29, 0.717) is 17.7 Å². The summed E-state index contributed by atoms with van der Waals surface area (Å²) >= 11 is 0. The Kier molecular flexibility index (Phi) is 6.21. The number of primary sulfonamides is 1. The Balaban J connectivity index is 1.17. The lowest BCUT2D eigenvalue weighted by molar-refractivity contribution is -0.146. The van der Waals surface area contributed by atoms with Crippen molar-refractivity contribution in [1.82, 2.24) is 10.6 Å². The van der Waals surface area contributed by atoms with Crippen molar-refractivity contribution in [3.8, 4) is 0 Å². The van der Waals surface area contributed by atoms with Crippen LogP contribution in [-0.4, -0.2) is 20.2 Å². The third kappa shape index (κ3) is 5.00. The highest BCUT2D eigenvalue weighted by molar-refractivity contribution is 7.89. The summed E-state index contributed by atoms with van der Waals surface area (Å²) in [5, 5.41) is 11.3. The highest BCUT2D eigenvalue weighted by atomic mass is 32.2. The number of hydrogen-bond donors (Lipinski definition) is 3. The molecule has 0 heterocycles. The van der Waals surface area contributed by atoms with Crippen LogP contribution in [0, 0.1) is 23.2 Å². The molecule has 4 N–H and O–H groups in total. The molecule has 4 aliphatic carbocycles. The SMILES string of the molecule is CC(NC(=O)c1ccc(CNC(=O)C23CC4CC(CC(C4)C2)C3)cc1)c1cccc(S(N)(=O)=O)c1. The molecule has 0 aromatic heterocycles. The number of nitrogens with two attached hydrogens (primary N) is 1. The summed E-state index contributed by atoms with van der Waals surface area (Å²) in [6.07, 6.45) is 7.07. The second-order valence-corrected chi connectivity index (χ2v) is 12.5. The van der Waals surface area contributed by atoms with Crippen molar-refractivity contribution in [2.24, 2.45) is 28.3 Å². The number of sulfonamides is 1. The van der Waals surface area contributed by atoms with Crippen molar-refractivity contribution >= 4 is 21.8 Å². The fraction of sp³-hybridized carbons (Fsp3) is 0.481. The van der Waals surface area contributed by atoms with Gasteiger partial charge in [0.25, 0.3) is 5.91 Å². The first-order valence-electron chi connectivity index (χ1n) is 12.4. The lowest BCUT2D eigenvalue weighted by atomic mass is 9.49. The third-order valence-electron chi connectivity index (χ3n) is 8.22. The Morgan fingerprint density at radius 1 is 1.00 bits per heavy atom. The van der Waals surface area contributed by atoms with E-state index in [0.717, 1.165) is 42.6 Å². The lowest BCUT2D eigenvalue weighted by Gasteiger charge is -2.55. The molecule has 0 aliphatic heterocycles. The normalized spacial score (nSPS) is 27.9. The third-order valence-corrected chi connectivity index (χ3v) is 9.13. The molecule has 6 rings (SSSR count). The monoisotopic (exact) mass is 495 g/mol. The van der Waals surface area contributed by atoms with Gasteiger partial charge in [-0.25, -0.2) is 13.6 Å². The first kappa shape index (κ1) is 24.0. The molecule has 7 nitrogen and oxygen atoms in total. The van der Waals surface area contributed by atoms with Crippen LogP contribution in [0.25, 0.3) is 0 Å². The van der Waals surface area contributed by atoms with E-state index in [2.05, 4.69) is 10.6 Å². The van der Waals surface area contributed by atoms with Gasteiger partial charge in [0.1, 0.15) is 0 Å². The summed E-state index contributed by atoms with van der Waals surface area (Å²) in [7, 11) is -3.81. The Labute approximate surface area is 206 Å². The molecule has 0 radical (unpaired) electrons. The maximum absolute atomic E-state index is 13.2. The Morgan fingerprint density at radius 2 is 1.60 bits per heavy atom. The number of carbonyl (C=O) groups excluding carboxylic acids is 2. The van der Waals surface area contributed by atoms with E-state index in [1.165, 1.54) is 31.4 Å². The van der Waals surface area contributed by atoms with Crippen molar-refractivity contribution in [1.29, 1.82) is 0 Å². The average Bonchev–Trinajstić information content (AvgIpc) is 2.81. The summed E-state index contributed by atoms with van der Waals surface area (Å²) < 4.78 is 23.2. The fourth-order valence-electron chi connectivity index (χ4n) is 6.86. The summed E-state index contributed by atoms with van der Waals surface area (Å²) in [6.45, 7) is 2.24. The van der Waals surface area contributed by atoms with Gasteiger partial charge < -0.3 is 10.6 Å². The van der Waals surface area contributed by atoms with Crippen LogP contribution in [0.3, 0.4) is 0 Å². The van der Waals surface area contributed by atoms with Crippen LogP contribution in [0.4, 0.5) is 0 Å². The standard InChI is InChI=1S/C27H33N3O4S/c1-17(23-3-2-4-24(12-23)35(28,33)34)30-25(31)22-7-5-18(6-8-22)16-29-26(32)27-13-19-9-20(14-27)11-21(10-19)15-27/h2-8,12,17,19-21H,9-11,13-16H2,1H3,(H,29,32)(H,30,31)(H2,28,33,34). The molecular weight excluding hydrogens is 462 g/mol. The molecule has 2 aromatic carbocycles. The quantitative estimate of drug-likeness (QED) is 0.543. The number of carbonyl (C=O) groups is 2. The van der Waals surface area contributed by atoms with E-state index in [1.54, 1.807) is 31.2 Å². The number of benzene rings is 2. The van der Waals surface area contributed by atoms with Crippen LogP contribution in [0.15, 0.2) is 53.4 Å². The van der Waals surface area contributed by atoms with Gasteiger partial charge in [-0.15, -0.1) is 0 Å². The Morgan fingerprint density at radius 3 is 2.17 bits per heavy atom. The van der Waals surface area contributed by atoms with Crippen molar-refractivity contribution in [2.45, 2.75) is 62.9 Å². The van der Waals surface area contributed by atoms with E-state index in [1.807, 2.05) is 12.1 Å². The summed E-state index contributed by atoms with van der Waals surface area (Å²) in [5.74, 6) is 2.13. The van der Waals surface area contributed by atoms with E-state index < -0.39 is 16.1 Å². The number of rotatable bonds is 7. The molecular formula is C27H33N3O4S. The second-order valence-electron chi connectivity index (χ2n) is 10.9. The maximum Gasteiger partial charge on any atom is 0.251 e. The second kappa shape index (κ2) is 9.06. The maximum atomic E-state index is 13.2. The Bertz CT molecular complexity index is 1200. The first-order chi connectivity index (χ1) is 16.6. The molecule has 4 bridgehead atoms. The molecule has 35 heavy (non-hydrogen) atoms. The van der Waals surface area contributed by atoms with Crippen molar-refractivity contribution < 1.29 is 18.0 Å². The highest BCUT2D eigenvalue weighted by Gasteiger charge is 2.54. The van der Waals surface area contributed by atoms with Gasteiger partial charge in [-0.05, 0) is 98.6 Å². The lowest BCUT2D eigenvalue weighted by Crippen LogP contribution is -2.53. The summed E-state index contributed by atoms with van der Waals surface area (Å²) in [5.41, 5.74) is 1.93. The molecule has 1 unspecified atom stereocenters. The van der Waals surface area contributed by atoms with Crippen molar-refractivity contribution in [2.75, 3.05) is 0 Å². The van der Waals surface area contributed by atoms with Crippen molar-refractivity contribution in [3.05, 3.63) is 65.2 Å². The minimum Gasteiger partial charge on any atom is -0.352 e. The molecule has 4 aliphatic rings. The van der Waals surface area contributed by atoms with Gasteiger partial charge in [0.05, 0.1) is 10.9 Å². The van der Waals surface area contributed by atoms with Gasteiger partial charge in [-0.3, -0.25) is 9.59 Å². The zero-order chi connectivity index (χ0) is 24.8. The van der Waals surface area contributed by atoms with Crippen LogP contribution in [-0.2, 0) is 21.4 Å². The van der Waals surface area contributed by atoms with Crippen LogP contribution in [0.1, 0.15) is 73.0 Å². The fourth-order valence-corrected chi connectivity index (χ4v) is 7.43. The molecule has 4 fully saturated rings. The predicted octanol–water partition coefficient (Wildman–Crippen LogP) is 3.66. The minimum atomic E-state index is -3.81. The largest absolute Gasteiger partial charge is 0.352 e. The summed E-state index contributed by atoms with van der Waals surface area (Å²) in [6, 6.07) is 13.1. The topological polar surface area (TPSA) is 118 Å². The Hall–Kier alpha value is -2.71. The zero-order valence-corrected chi connectivity index (χ0v) is 20.8. The number of nitrogens with one attached hydrogen (secondary N) is 2. The van der Waals surface area contributed by atoms with Crippen LogP contribution < -0.4 is 15.8 Å². The van der Waals surface area contributed by atoms with E-state index >= 15 is 0 Å². The van der Waals surface area contributed by atoms with Gasteiger partial charge in [-0.1, -0.05) is 24.3 Å². The van der Waals surface area contributed by atoms with Gasteiger partial charge in [-0.2, -0.15) is 0 Å². The smallest absolute Gasteiger partial charge is 0.251 e. The van der Waals surface area contributed by atoms with Gasteiger partial charge in [0.2, 0.25) is 15.9 Å². The minimum absolute atomic E-state index is 0.0102. The molecule has 2 aromatic rings. The van der Waals surface area contributed by atoms with Gasteiger partial charge in [0.15, 0.2) is 0 Å². The number of amides is 2. The van der Waals surface area contributed by atoms with E-state index in [9.17, 15) is 18.0 Å². The first-order valence-corrected chi connectivity index (χ1v) is 14.0. The van der Waals surface area contributed by atoms with Crippen LogP contribution >= 0.6 is 0 Å². The van der Waals surface area contributed by atoms with Crippen LogP contribution in [0.2, 0.25) is 0 Å². The predicted molar refractivity (Wildman–Crippen MR) is 133 cm³/mol. The molecule has 186 valence electrons. The van der Waals surface area contributed by atoms with E-state index in [4.69, 9.17) is 5.14 Å². The molecule has 8 heteroatoms. The molecule has 0 saturated heterocycles. The zero-order valence-electron chi connectivity index (χ0n) is 20.0. The molecule has 4 saturated carbocycles. The highest BCUT2D eigenvalue weighted by Crippen LogP contribution is 2.60. The van der Waals surface area contributed by atoms with Crippen LogP contribution in [0.5, 0.6) is 0 Å². The number of hydrogen-bond acceptors (Lipinski definition) is 4. The van der Waals surface area contributed by atoms with Gasteiger partial charge >= 0.3 is 0 Å². The molecule has 0 spiro atoms. The summed E-state index contributed by atoms with van der Waals surface area (Å²) in [4.78, 5) is 25.9. The van der Waals surface area contributed by atoms with Gasteiger partial charge in [0, 0.05) is 17.5 Å². The van der Waals surface area contributed by atoms with E-state index in [-0.39, 0.29) is 22.1 Å². The molecule has 1 atom stereocenters. The average molecular weight is 496 g/mol.